The van der Waals surface area contributed by atoms with Crippen molar-refractivity contribution >= 4 is 5.78 Å². The molecule has 1 aliphatic rings. The Hall–Kier alpha value is -1.03. The van der Waals surface area contributed by atoms with Crippen LogP contribution in [0.3, 0.4) is 0 Å². The van der Waals surface area contributed by atoms with Crippen LogP contribution in [0.25, 0.3) is 0 Å². The summed E-state index contributed by atoms with van der Waals surface area (Å²) < 4.78 is 0. The van der Waals surface area contributed by atoms with Gasteiger partial charge in [-0.2, -0.15) is 0 Å². The number of hydrogen-bond acceptors (Lipinski definition) is 4. The highest BCUT2D eigenvalue weighted by molar-refractivity contribution is 5.95. The zero-order chi connectivity index (χ0) is 8.27. The van der Waals surface area contributed by atoms with Gasteiger partial charge < -0.3 is 16.0 Å². The van der Waals surface area contributed by atoms with Crippen LogP contribution in [-0.4, -0.2) is 30.9 Å². The average Bonchev–Trinajstić information content (AvgIpc) is 2.05. The molecular formula is C7H13N3O. The Bertz CT molecular complexity index is 188. The Balaban J connectivity index is 2.68. The average molecular weight is 155 g/mol. The summed E-state index contributed by atoms with van der Waals surface area (Å²) in [5.74, 6) is 0.164. The maximum atomic E-state index is 11.1. The molecule has 0 aromatic heterocycles. The fraction of sp³-hybridized carbons (Fsp3) is 0.571. The van der Waals surface area contributed by atoms with E-state index in [9.17, 15) is 4.79 Å². The molecule has 0 atom stereocenters. The van der Waals surface area contributed by atoms with E-state index in [0.717, 1.165) is 6.54 Å². The number of Topliss-reactive ketones (excluding diaryl/α,β-unsaturated/α-hetero) is 1. The van der Waals surface area contributed by atoms with E-state index in [1.54, 1.807) is 13.2 Å². The van der Waals surface area contributed by atoms with Crippen LogP contribution in [0.2, 0.25) is 0 Å². The minimum absolute atomic E-state index is 0.164. The molecule has 0 aliphatic carbocycles. The number of allylic oxidation sites excluding steroid dienone is 1. The summed E-state index contributed by atoms with van der Waals surface area (Å²) >= 11 is 0. The number of likely N-dealkylation sites (N-methyl/N-ethyl adjacent to an activating group) is 1. The summed E-state index contributed by atoms with van der Waals surface area (Å²) in [6.45, 7) is 1.21. The number of carbonyl (C=O) groups excluding carboxylic acids is 1. The lowest BCUT2D eigenvalue weighted by atomic mass is 10.1. The summed E-state index contributed by atoms with van der Waals surface area (Å²) in [4.78, 5) is 13.0. The highest BCUT2D eigenvalue weighted by Gasteiger charge is 2.15. The minimum Gasteiger partial charge on any atom is -0.384 e. The van der Waals surface area contributed by atoms with Gasteiger partial charge in [0.25, 0.3) is 0 Å². The zero-order valence-corrected chi connectivity index (χ0v) is 6.63. The molecule has 1 heterocycles. The van der Waals surface area contributed by atoms with Crippen LogP contribution in [0, 0.1) is 0 Å². The zero-order valence-electron chi connectivity index (χ0n) is 6.63. The second-order valence-electron chi connectivity index (χ2n) is 2.46. The van der Waals surface area contributed by atoms with E-state index in [0.29, 0.717) is 18.8 Å². The van der Waals surface area contributed by atoms with Gasteiger partial charge in [-0.3, -0.25) is 4.79 Å². The molecule has 3 N–H and O–H groups in total. The first-order chi connectivity index (χ1) is 5.27. The fourth-order valence-corrected chi connectivity index (χ4v) is 1.05. The molecule has 62 valence electrons. The highest BCUT2D eigenvalue weighted by atomic mass is 16.1. The summed E-state index contributed by atoms with van der Waals surface area (Å²) in [7, 11) is 1.74. The third kappa shape index (κ3) is 1.71. The second kappa shape index (κ2) is 3.39. The Morgan fingerprint density at radius 1 is 1.82 bits per heavy atom. The van der Waals surface area contributed by atoms with E-state index in [4.69, 9.17) is 5.73 Å². The molecule has 0 fully saturated rings. The lowest BCUT2D eigenvalue weighted by Gasteiger charge is -2.23. The smallest absolute Gasteiger partial charge is 0.181 e. The van der Waals surface area contributed by atoms with Crippen LogP contribution in [0.15, 0.2) is 11.9 Å². The predicted molar refractivity (Wildman–Crippen MR) is 42.5 cm³/mol. The van der Waals surface area contributed by atoms with E-state index >= 15 is 0 Å². The van der Waals surface area contributed by atoms with Gasteiger partial charge in [0.15, 0.2) is 5.78 Å². The SMILES string of the molecule is CNC1=CN(CN)CCC1=O. The van der Waals surface area contributed by atoms with Gasteiger partial charge in [-0.05, 0) is 0 Å². The van der Waals surface area contributed by atoms with E-state index in [-0.39, 0.29) is 5.78 Å². The van der Waals surface area contributed by atoms with Gasteiger partial charge in [0, 0.05) is 26.2 Å². The van der Waals surface area contributed by atoms with Crippen LogP contribution >= 0.6 is 0 Å². The molecule has 1 aliphatic heterocycles. The summed E-state index contributed by atoms with van der Waals surface area (Å²) in [5.41, 5.74) is 6.06. The monoisotopic (exact) mass is 155 g/mol. The van der Waals surface area contributed by atoms with Gasteiger partial charge in [0.2, 0.25) is 0 Å². The number of nitrogens with one attached hydrogen (secondary N) is 1. The minimum atomic E-state index is 0.164. The van der Waals surface area contributed by atoms with Crippen molar-refractivity contribution in [2.24, 2.45) is 5.73 Å². The van der Waals surface area contributed by atoms with Crippen molar-refractivity contribution in [3.63, 3.8) is 0 Å². The number of nitrogens with zero attached hydrogens (tertiary/aromatic N) is 1. The number of hydrogen-bond donors (Lipinski definition) is 2. The van der Waals surface area contributed by atoms with Crippen molar-refractivity contribution in [2.75, 3.05) is 20.3 Å². The predicted octanol–water partition coefficient (Wildman–Crippen LogP) is -0.762. The lowest BCUT2D eigenvalue weighted by Crippen LogP contribution is -2.34. The van der Waals surface area contributed by atoms with Crippen molar-refractivity contribution in [1.29, 1.82) is 0 Å². The van der Waals surface area contributed by atoms with Crippen molar-refractivity contribution in [1.82, 2.24) is 10.2 Å². The molecule has 1 rings (SSSR count). The number of rotatable bonds is 2. The quantitative estimate of drug-likeness (QED) is 0.550. The normalized spacial score (nSPS) is 18.2. The molecule has 4 nitrogen and oxygen atoms in total. The molecule has 0 saturated carbocycles. The molecule has 0 radical (unpaired) electrons. The number of carbonyl (C=O) groups is 1. The number of ketones is 1. The summed E-state index contributed by atoms with van der Waals surface area (Å²) in [5, 5.41) is 2.83. The molecule has 0 unspecified atom stereocenters. The van der Waals surface area contributed by atoms with Gasteiger partial charge >= 0.3 is 0 Å². The molecule has 11 heavy (non-hydrogen) atoms. The third-order valence-electron chi connectivity index (χ3n) is 1.74. The standard InChI is InChI=1S/C7H13N3O/c1-9-6-4-10(5-8)3-2-7(6)11/h4,9H,2-3,5,8H2,1H3. The molecular weight excluding hydrogens is 142 g/mol. The van der Waals surface area contributed by atoms with Crippen molar-refractivity contribution in [3.05, 3.63) is 11.9 Å². The van der Waals surface area contributed by atoms with Crippen LogP contribution in [0.5, 0.6) is 0 Å². The molecule has 0 aromatic carbocycles. The van der Waals surface area contributed by atoms with Crippen LogP contribution in [-0.2, 0) is 4.79 Å². The third-order valence-corrected chi connectivity index (χ3v) is 1.74. The molecule has 0 spiro atoms. The Morgan fingerprint density at radius 3 is 3.09 bits per heavy atom. The Labute approximate surface area is 66.0 Å². The van der Waals surface area contributed by atoms with Gasteiger partial charge in [-0.15, -0.1) is 0 Å². The van der Waals surface area contributed by atoms with Gasteiger partial charge in [-0.1, -0.05) is 0 Å². The van der Waals surface area contributed by atoms with Crippen molar-refractivity contribution in [2.45, 2.75) is 6.42 Å². The van der Waals surface area contributed by atoms with Crippen LogP contribution in [0.1, 0.15) is 6.42 Å². The highest BCUT2D eigenvalue weighted by Crippen LogP contribution is 2.06. The maximum Gasteiger partial charge on any atom is 0.181 e. The van der Waals surface area contributed by atoms with Crippen LogP contribution < -0.4 is 11.1 Å². The van der Waals surface area contributed by atoms with E-state index in [1.807, 2.05) is 4.90 Å². The summed E-state index contributed by atoms with van der Waals surface area (Å²) in [6, 6.07) is 0. The first kappa shape index (κ1) is 8.07. The number of nitrogens with two attached hydrogens (primary N) is 1. The Kier molecular flexibility index (Phi) is 2.48. The van der Waals surface area contributed by atoms with Crippen LogP contribution in [0.4, 0.5) is 0 Å². The second-order valence-corrected chi connectivity index (χ2v) is 2.46. The van der Waals surface area contributed by atoms with E-state index < -0.39 is 0 Å². The molecule has 0 aromatic rings. The Morgan fingerprint density at radius 2 is 2.55 bits per heavy atom. The maximum absolute atomic E-state index is 11.1. The van der Waals surface area contributed by atoms with Crippen molar-refractivity contribution < 1.29 is 4.79 Å². The topological polar surface area (TPSA) is 58.4 Å². The molecule has 4 heteroatoms. The van der Waals surface area contributed by atoms with Gasteiger partial charge in [0.1, 0.15) is 0 Å². The molecule has 0 bridgehead atoms. The lowest BCUT2D eigenvalue weighted by molar-refractivity contribution is -0.116. The van der Waals surface area contributed by atoms with Gasteiger partial charge in [0.05, 0.1) is 12.4 Å². The summed E-state index contributed by atoms with van der Waals surface area (Å²) in [6.07, 6.45) is 2.33. The van der Waals surface area contributed by atoms with Crippen molar-refractivity contribution in [3.8, 4) is 0 Å². The molecule has 0 saturated heterocycles. The van der Waals surface area contributed by atoms with Gasteiger partial charge in [-0.25, -0.2) is 0 Å². The molecule has 0 amide bonds. The first-order valence-electron chi connectivity index (χ1n) is 3.65. The van der Waals surface area contributed by atoms with E-state index in [2.05, 4.69) is 5.32 Å². The largest absolute Gasteiger partial charge is 0.384 e. The van der Waals surface area contributed by atoms with E-state index in [1.165, 1.54) is 0 Å². The fourth-order valence-electron chi connectivity index (χ4n) is 1.05. The first-order valence-corrected chi connectivity index (χ1v) is 3.65.